The highest BCUT2D eigenvalue weighted by atomic mass is 35.5. The molecule has 2 atom stereocenters. The normalized spacial score (nSPS) is 22.8. The average molecular weight is 442 g/mol. The lowest BCUT2D eigenvalue weighted by Gasteiger charge is -2.38. The fourth-order valence-electron chi connectivity index (χ4n) is 4.80. The second-order valence-electron chi connectivity index (χ2n) is 8.78. The third-order valence-corrected chi connectivity index (χ3v) is 6.96. The number of hydrogen-bond acceptors (Lipinski definition) is 4. The molecule has 6 heteroatoms. The fourth-order valence-corrected chi connectivity index (χ4v) is 4.93. The number of piperazine rings is 1. The number of nitrogens with zero attached hydrogens (tertiary/aromatic N) is 3. The molecule has 2 fully saturated rings. The van der Waals surface area contributed by atoms with Crippen molar-refractivity contribution in [3.05, 3.63) is 69.7 Å². The fraction of sp³-hybridized carbons (Fsp3) is 0.480. The number of rotatable bonds is 5. The minimum Gasteiger partial charge on any atom is -0.390 e. The van der Waals surface area contributed by atoms with E-state index in [1.165, 1.54) is 11.1 Å². The number of aliphatic hydroxyl groups is 1. The summed E-state index contributed by atoms with van der Waals surface area (Å²) in [6.45, 7) is 9.81. The van der Waals surface area contributed by atoms with E-state index in [-0.39, 0.29) is 11.9 Å². The van der Waals surface area contributed by atoms with E-state index in [1.54, 1.807) is 0 Å². The molecule has 1 N–H and O–H groups in total. The molecule has 0 radical (unpaired) electrons. The van der Waals surface area contributed by atoms with Crippen molar-refractivity contribution in [2.75, 3.05) is 39.3 Å². The summed E-state index contributed by atoms with van der Waals surface area (Å²) in [5.74, 6) is 0.0219. The van der Waals surface area contributed by atoms with Gasteiger partial charge in [0.1, 0.15) is 0 Å². The van der Waals surface area contributed by atoms with Gasteiger partial charge in [-0.05, 0) is 54.3 Å². The summed E-state index contributed by atoms with van der Waals surface area (Å²) in [5, 5.41) is 11.5. The zero-order valence-corrected chi connectivity index (χ0v) is 19.2. The lowest BCUT2D eigenvalue weighted by Crippen LogP contribution is -2.53. The Morgan fingerprint density at radius 3 is 2.42 bits per heavy atom. The number of carbonyl (C=O) groups excluding carboxylic acids is 1. The van der Waals surface area contributed by atoms with E-state index in [2.05, 4.69) is 35.8 Å². The zero-order chi connectivity index (χ0) is 22.0. The summed E-state index contributed by atoms with van der Waals surface area (Å²) in [4.78, 5) is 19.6. The molecule has 1 amide bonds. The number of aliphatic hydroxyl groups excluding tert-OH is 1. The molecule has 2 aromatic rings. The van der Waals surface area contributed by atoms with Crippen molar-refractivity contribution in [3.63, 3.8) is 0 Å². The van der Waals surface area contributed by atoms with Gasteiger partial charge in [0.05, 0.1) is 12.1 Å². The first-order valence-electron chi connectivity index (χ1n) is 11.2. The van der Waals surface area contributed by atoms with Gasteiger partial charge in [-0.15, -0.1) is 0 Å². The van der Waals surface area contributed by atoms with Crippen molar-refractivity contribution in [2.24, 2.45) is 0 Å². The standard InChI is InChI=1S/C25H32ClN3O2/c1-3-20-6-7-21(14-18(20)2)25(31)29-16-23(24(30)17-29)28-12-10-27(11-13-28)15-19-4-8-22(26)9-5-19/h4-9,14,23-24,30H,3,10-13,15-17H2,1-2H3. The second-order valence-corrected chi connectivity index (χ2v) is 9.21. The number of amides is 1. The van der Waals surface area contributed by atoms with Crippen LogP contribution in [0, 0.1) is 6.92 Å². The predicted octanol–water partition coefficient (Wildman–Crippen LogP) is 3.21. The number of hydrogen-bond donors (Lipinski definition) is 1. The summed E-state index contributed by atoms with van der Waals surface area (Å²) >= 11 is 5.98. The maximum atomic E-state index is 13.0. The number of carbonyl (C=O) groups is 1. The van der Waals surface area contributed by atoms with Crippen molar-refractivity contribution in [3.8, 4) is 0 Å². The Morgan fingerprint density at radius 1 is 1.06 bits per heavy atom. The van der Waals surface area contributed by atoms with Crippen LogP contribution in [0.15, 0.2) is 42.5 Å². The van der Waals surface area contributed by atoms with Crippen molar-refractivity contribution in [1.29, 1.82) is 0 Å². The van der Waals surface area contributed by atoms with Crippen LogP contribution in [0.4, 0.5) is 0 Å². The summed E-state index contributed by atoms with van der Waals surface area (Å²) < 4.78 is 0. The second kappa shape index (κ2) is 9.70. The molecule has 166 valence electrons. The summed E-state index contributed by atoms with van der Waals surface area (Å²) in [7, 11) is 0. The molecule has 2 unspecified atom stereocenters. The van der Waals surface area contributed by atoms with Crippen LogP contribution in [0.3, 0.4) is 0 Å². The van der Waals surface area contributed by atoms with Gasteiger partial charge in [0.25, 0.3) is 5.91 Å². The highest BCUT2D eigenvalue weighted by molar-refractivity contribution is 6.30. The minimum absolute atomic E-state index is 0.0117. The molecule has 0 bridgehead atoms. The van der Waals surface area contributed by atoms with E-state index in [0.717, 1.165) is 55.3 Å². The van der Waals surface area contributed by atoms with Crippen molar-refractivity contribution < 1.29 is 9.90 Å². The summed E-state index contributed by atoms with van der Waals surface area (Å²) in [6, 6.07) is 14.0. The number of aryl methyl sites for hydroxylation is 2. The van der Waals surface area contributed by atoms with E-state index in [0.29, 0.717) is 13.1 Å². The Balaban J connectivity index is 1.32. The van der Waals surface area contributed by atoms with Crippen molar-refractivity contribution in [2.45, 2.75) is 39.0 Å². The molecular formula is C25H32ClN3O2. The minimum atomic E-state index is -0.497. The van der Waals surface area contributed by atoms with Crippen LogP contribution >= 0.6 is 11.6 Å². The monoisotopic (exact) mass is 441 g/mol. The molecule has 4 rings (SSSR count). The number of halogens is 1. The van der Waals surface area contributed by atoms with Crippen LogP contribution in [0.2, 0.25) is 5.02 Å². The molecule has 0 aromatic heterocycles. The number of likely N-dealkylation sites (tertiary alicyclic amines) is 1. The first-order chi connectivity index (χ1) is 14.9. The van der Waals surface area contributed by atoms with Gasteiger partial charge < -0.3 is 10.0 Å². The molecule has 2 heterocycles. The van der Waals surface area contributed by atoms with Crippen molar-refractivity contribution in [1.82, 2.24) is 14.7 Å². The van der Waals surface area contributed by atoms with E-state index in [1.807, 2.05) is 35.2 Å². The predicted molar refractivity (Wildman–Crippen MR) is 125 cm³/mol. The Bertz CT molecular complexity index is 909. The highest BCUT2D eigenvalue weighted by Gasteiger charge is 2.38. The Morgan fingerprint density at radius 2 is 1.77 bits per heavy atom. The van der Waals surface area contributed by atoms with Crippen LogP contribution in [-0.2, 0) is 13.0 Å². The Labute approximate surface area is 190 Å². The van der Waals surface area contributed by atoms with Gasteiger partial charge in [-0.1, -0.05) is 36.7 Å². The lowest BCUT2D eigenvalue weighted by atomic mass is 10.0. The van der Waals surface area contributed by atoms with Gasteiger partial charge in [0.2, 0.25) is 0 Å². The maximum Gasteiger partial charge on any atom is 0.254 e. The van der Waals surface area contributed by atoms with Gasteiger partial charge in [0, 0.05) is 56.4 Å². The molecule has 2 saturated heterocycles. The van der Waals surface area contributed by atoms with Gasteiger partial charge >= 0.3 is 0 Å². The molecule has 0 saturated carbocycles. The third kappa shape index (κ3) is 5.12. The van der Waals surface area contributed by atoms with Crippen LogP contribution in [0.5, 0.6) is 0 Å². The topological polar surface area (TPSA) is 47.0 Å². The molecule has 2 aliphatic heterocycles. The number of β-amino-alcohol motifs (C(OH)–C–C–N with tert-alkyl or cyclic N) is 1. The van der Waals surface area contributed by atoms with Crippen LogP contribution < -0.4 is 0 Å². The molecule has 2 aromatic carbocycles. The van der Waals surface area contributed by atoms with Gasteiger partial charge in [-0.25, -0.2) is 0 Å². The van der Waals surface area contributed by atoms with Gasteiger partial charge in [0.15, 0.2) is 0 Å². The smallest absolute Gasteiger partial charge is 0.254 e. The maximum absolute atomic E-state index is 13.0. The van der Waals surface area contributed by atoms with Gasteiger partial charge in [-0.2, -0.15) is 0 Å². The first kappa shape index (κ1) is 22.3. The number of benzene rings is 2. The summed E-state index contributed by atoms with van der Waals surface area (Å²) in [6.07, 6.45) is 0.470. The molecule has 0 aliphatic carbocycles. The molecule has 31 heavy (non-hydrogen) atoms. The highest BCUT2D eigenvalue weighted by Crippen LogP contribution is 2.22. The SMILES string of the molecule is CCc1ccc(C(=O)N2CC(O)C(N3CCN(Cc4ccc(Cl)cc4)CC3)C2)cc1C. The molecule has 0 spiro atoms. The Hall–Kier alpha value is -1.92. The molecular weight excluding hydrogens is 410 g/mol. The molecule has 5 nitrogen and oxygen atoms in total. The van der Waals surface area contributed by atoms with Crippen LogP contribution in [-0.4, -0.2) is 77.1 Å². The quantitative estimate of drug-likeness (QED) is 0.774. The van der Waals surface area contributed by atoms with E-state index < -0.39 is 6.10 Å². The van der Waals surface area contributed by atoms with E-state index >= 15 is 0 Å². The van der Waals surface area contributed by atoms with Crippen LogP contribution in [0.25, 0.3) is 0 Å². The summed E-state index contributed by atoms with van der Waals surface area (Å²) in [5.41, 5.74) is 4.41. The van der Waals surface area contributed by atoms with E-state index in [4.69, 9.17) is 11.6 Å². The van der Waals surface area contributed by atoms with Gasteiger partial charge in [-0.3, -0.25) is 14.6 Å². The van der Waals surface area contributed by atoms with E-state index in [9.17, 15) is 9.90 Å². The molecule has 2 aliphatic rings. The first-order valence-corrected chi connectivity index (χ1v) is 11.6. The Kier molecular flexibility index (Phi) is 6.97. The zero-order valence-electron chi connectivity index (χ0n) is 18.4. The van der Waals surface area contributed by atoms with Crippen LogP contribution in [0.1, 0.15) is 34.0 Å². The average Bonchev–Trinajstić information content (AvgIpc) is 3.17. The lowest BCUT2D eigenvalue weighted by molar-refractivity contribution is 0.0423. The third-order valence-electron chi connectivity index (χ3n) is 6.71. The van der Waals surface area contributed by atoms with Crippen molar-refractivity contribution >= 4 is 17.5 Å². The largest absolute Gasteiger partial charge is 0.390 e.